The number of hydrogen-bond donors (Lipinski definition) is 1. The van der Waals surface area contributed by atoms with Crippen molar-refractivity contribution in [3.63, 3.8) is 0 Å². The number of likely N-dealkylation sites (tertiary alicyclic amines) is 1. The Labute approximate surface area is 146 Å². The van der Waals surface area contributed by atoms with Gasteiger partial charge in [0, 0.05) is 24.9 Å². The Balaban J connectivity index is 1.59. The van der Waals surface area contributed by atoms with Crippen molar-refractivity contribution in [2.24, 2.45) is 11.8 Å². The van der Waals surface area contributed by atoms with Crippen LogP contribution in [0.15, 0.2) is 24.3 Å². The zero-order chi connectivity index (χ0) is 18.0. The van der Waals surface area contributed by atoms with Crippen molar-refractivity contribution in [3.8, 4) is 5.75 Å². The van der Waals surface area contributed by atoms with Crippen LogP contribution in [0, 0.1) is 11.8 Å². The van der Waals surface area contributed by atoms with Crippen LogP contribution in [0.25, 0.3) is 0 Å². The van der Waals surface area contributed by atoms with Gasteiger partial charge in [0.1, 0.15) is 11.8 Å². The van der Waals surface area contributed by atoms with Crippen LogP contribution in [0.2, 0.25) is 0 Å². The van der Waals surface area contributed by atoms with Gasteiger partial charge in [0.05, 0.1) is 7.11 Å². The summed E-state index contributed by atoms with van der Waals surface area (Å²) in [5, 5.41) is 9.51. The van der Waals surface area contributed by atoms with Gasteiger partial charge < -0.3 is 14.7 Å². The van der Waals surface area contributed by atoms with E-state index in [1.54, 1.807) is 31.4 Å². The van der Waals surface area contributed by atoms with Crippen LogP contribution in [0.5, 0.6) is 5.75 Å². The van der Waals surface area contributed by atoms with Crippen LogP contribution < -0.4 is 4.74 Å². The molecule has 3 rings (SSSR count). The third kappa shape index (κ3) is 3.52. The van der Waals surface area contributed by atoms with Crippen LogP contribution in [-0.4, -0.2) is 47.4 Å². The molecule has 1 saturated heterocycles. The molecule has 3 atom stereocenters. The van der Waals surface area contributed by atoms with Gasteiger partial charge in [-0.15, -0.1) is 0 Å². The number of carbonyl (C=O) groups is 3. The van der Waals surface area contributed by atoms with Crippen molar-refractivity contribution in [2.75, 3.05) is 13.7 Å². The van der Waals surface area contributed by atoms with E-state index in [-0.39, 0.29) is 30.4 Å². The van der Waals surface area contributed by atoms with Crippen molar-refractivity contribution in [3.05, 3.63) is 29.8 Å². The fourth-order valence-corrected chi connectivity index (χ4v) is 4.16. The Morgan fingerprint density at radius 1 is 1.16 bits per heavy atom. The molecule has 6 nitrogen and oxygen atoms in total. The topological polar surface area (TPSA) is 83.9 Å². The zero-order valence-corrected chi connectivity index (χ0v) is 14.3. The first-order valence-corrected chi connectivity index (χ1v) is 8.70. The number of hydrogen-bond acceptors (Lipinski definition) is 4. The highest BCUT2D eigenvalue weighted by Crippen LogP contribution is 2.42. The number of carboxylic acids is 1. The molecular weight excluding hydrogens is 322 g/mol. The first-order valence-electron chi connectivity index (χ1n) is 8.70. The lowest BCUT2D eigenvalue weighted by Gasteiger charge is -2.24. The Kier molecular flexibility index (Phi) is 5.06. The largest absolute Gasteiger partial charge is 0.497 e. The van der Waals surface area contributed by atoms with E-state index in [1.807, 2.05) is 0 Å². The number of carboxylic acid groups (broad SMARTS) is 1. The number of Topliss-reactive ketones (excluding diaryl/α,β-unsaturated/α-hetero) is 1. The van der Waals surface area contributed by atoms with Crippen LogP contribution in [0.4, 0.5) is 0 Å². The molecule has 134 valence electrons. The first kappa shape index (κ1) is 17.5. The highest BCUT2D eigenvalue weighted by atomic mass is 16.5. The van der Waals surface area contributed by atoms with Crippen molar-refractivity contribution < 1.29 is 24.2 Å². The second kappa shape index (κ2) is 7.25. The summed E-state index contributed by atoms with van der Waals surface area (Å²) in [7, 11) is 1.56. The average molecular weight is 345 g/mol. The molecule has 3 unspecified atom stereocenters. The summed E-state index contributed by atoms with van der Waals surface area (Å²) in [5.41, 5.74) is 0.529. The number of carbonyl (C=O) groups excluding carboxylic acids is 2. The SMILES string of the molecule is COc1ccc(C(=O)CCC(=O)N2CC3CCCC3C2C(=O)O)cc1. The molecule has 25 heavy (non-hydrogen) atoms. The minimum atomic E-state index is -0.927. The number of nitrogens with zero attached hydrogens (tertiary/aromatic N) is 1. The van der Waals surface area contributed by atoms with Gasteiger partial charge in [-0.25, -0.2) is 4.79 Å². The number of fused-ring (bicyclic) bond motifs is 1. The highest BCUT2D eigenvalue weighted by Gasteiger charge is 2.49. The van der Waals surface area contributed by atoms with Crippen LogP contribution in [0.1, 0.15) is 42.5 Å². The summed E-state index contributed by atoms with van der Waals surface area (Å²) < 4.78 is 5.06. The third-order valence-corrected chi connectivity index (χ3v) is 5.44. The maximum Gasteiger partial charge on any atom is 0.326 e. The van der Waals surface area contributed by atoms with Gasteiger partial charge in [-0.1, -0.05) is 6.42 Å². The highest BCUT2D eigenvalue weighted by molar-refractivity contribution is 5.98. The summed E-state index contributed by atoms with van der Waals surface area (Å²) in [6.07, 6.45) is 3.04. The van der Waals surface area contributed by atoms with E-state index >= 15 is 0 Å². The minimum Gasteiger partial charge on any atom is -0.497 e. The maximum atomic E-state index is 12.5. The number of methoxy groups -OCH3 is 1. The molecule has 2 aliphatic rings. The number of aliphatic carboxylic acids is 1. The van der Waals surface area contributed by atoms with Crippen molar-refractivity contribution >= 4 is 17.7 Å². The summed E-state index contributed by atoms with van der Waals surface area (Å²) in [4.78, 5) is 37.9. The number of ether oxygens (including phenoxy) is 1. The van der Waals surface area contributed by atoms with E-state index in [0.29, 0.717) is 23.8 Å². The lowest BCUT2D eigenvalue weighted by atomic mass is 9.94. The summed E-state index contributed by atoms with van der Waals surface area (Å²) in [6, 6.07) is 6.03. The average Bonchev–Trinajstić information content (AvgIpc) is 3.19. The predicted molar refractivity (Wildman–Crippen MR) is 90.5 cm³/mol. The lowest BCUT2D eigenvalue weighted by Crippen LogP contribution is -2.43. The van der Waals surface area contributed by atoms with Crippen LogP contribution in [-0.2, 0) is 9.59 Å². The number of amides is 1. The standard InChI is InChI=1S/C19H23NO5/c1-25-14-7-5-12(6-8-14)16(21)9-10-17(22)20-11-13-3-2-4-15(13)18(20)19(23)24/h5-8,13,15,18H,2-4,9-11H2,1H3,(H,23,24). The minimum absolute atomic E-state index is 0.0497. The molecule has 2 fully saturated rings. The summed E-state index contributed by atoms with van der Waals surface area (Å²) in [6.45, 7) is 0.511. The van der Waals surface area contributed by atoms with Gasteiger partial charge in [-0.3, -0.25) is 9.59 Å². The molecule has 1 aliphatic carbocycles. The normalized spacial score (nSPS) is 24.8. The van der Waals surface area contributed by atoms with E-state index < -0.39 is 12.0 Å². The molecule has 0 aromatic heterocycles. The van der Waals surface area contributed by atoms with Gasteiger partial charge >= 0.3 is 5.97 Å². The van der Waals surface area contributed by atoms with E-state index in [0.717, 1.165) is 19.3 Å². The molecule has 1 aromatic carbocycles. The van der Waals surface area contributed by atoms with Gasteiger partial charge in [-0.2, -0.15) is 0 Å². The number of rotatable bonds is 6. The van der Waals surface area contributed by atoms with Gasteiger partial charge in [-0.05, 0) is 48.9 Å². The molecule has 0 radical (unpaired) electrons. The van der Waals surface area contributed by atoms with Gasteiger partial charge in [0.15, 0.2) is 5.78 Å². The Morgan fingerprint density at radius 2 is 1.88 bits per heavy atom. The molecule has 1 heterocycles. The fourth-order valence-electron chi connectivity index (χ4n) is 4.16. The summed E-state index contributed by atoms with van der Waals surface area (Å²) >= 11 is 0. The molecular formula is C19H23NO5. The first-order chi connectivity index (χ1) is 12.0. The van der Waals surface area contributed by atoms with E-state index in [1.165, 1.54) is 4.90 Å². The summed E-state index contributed by atoms with van der Waals surface area (Å²) in [5.74, 6) is -0.253. The predicted octanol–water partition coefficient (Wildman–Crippen LogP) is 2.37. The fraction of sp³-hybridized carbons (Fsp3) is 0.526. The van der Waals surface area contributed by atoms with Crippen LogP contribution in [0.3, 0.4) is 0 Å². The number of benzene rings is 1. The molecule has 6 heteroatoms. The molecule has 0 spiro atoms. The lowest BCUT2D eigenvalue weighted by molar-refractivity contribution is -0.149. The van der Waals surface area contributed by atoms with E-state index in [2.05, 4.69) is 0 Å². The maximum absolute atomic E-state index is 12.5. The van der Waals surface area contributed by atoms with Crippen molar-refractivity contribution in [1.29, 1.82) is 0 Å². The quantitative estimate of drug-likeness (QED) is 0.800. The van der Waals surface area contributed by atoms with Gasteiger partial charge in [0.25, 0.3) is 0 Å². The second-order valence-electron chi connectivity index (χ2n) is 6.84. The van der Waals surface area contributed by atoms with Crippen molar-refractivity contribution in [2.45, 2.75) is 38.1 Å². The second-order valence-corrected chi connectivity index (χ2v) is 6.84. The Morgan fingerprint density at radius 3 is 2.52 bits per heavy atom. The Bertz CT molecular complexity index is 669. The third-order valence-electron chi connectivity index (χ3n) is 5.44. The molecule has 1 aliphatic heterocycles. The molecule has 0 bridgehead atoms. The van der Waals surface area contributed by atoms with Crippen LogP contribution >= 0.6 is 0 Å². The number of ketones is 1. The smallest absolute Gasteiger partial charge is 0.326 e. The Hall–Kier alpha value is -2.37. The molecule has 1 aromatic rings. The zero-order valence-electron chi connectivity index (χ0n) is 14.3. The molecule has 1 N–H and O–H groups in total. The molecule has 1 saturated carbocycles. The van der Waals surface area contributed by atoms with Crippen molar-refractivity contribution in [1.82, 2.24) is 4.90 Å². The van der Waals surface area contributed by atoms with E-state index in [4.69, 9.17) is 4.74 Å². The monoisotopic (exact) mass is 345 g/mol. The van der Waals surface area contributed by atoms with Gasteiger partial charge in [0.2, 0.25) is 5.91 Å². The van der Waals surface area contributed by atoms with E-state index in [9.17, 15) is 19.5 Å². The molecule has 1 amide bonds.